The Bertz CT molecular complexity index is 1740. The van der Waals surface area contributed by atoms with Crippen LogP contribution in [0.5, 0.6) is 11.5 Å². The number of hydrogen-bond acceptors (Lipinski definition) is 9. The van der Waals surface area contributed by atoms with Crippen molar-refractivity contribution in [2.45, 2.75) is 6.10 Å². The highest BCUT2D eigenvalue weighted by atomic mass is 19.1. The van der Waals surface area contributed by atoms with Crippen molar-refractivity contribution in [2.24, 2.45) is 0 Å². The molecule has 0 aliphatic carbocycles. The van der Waals surface area contributed by atoms with E-state index in [0.29, 0.717) is 11.0 Å². The second kappa shape index (κ2) is 11.3. The Morgan fingerprint density at radius 3 is 2.62 bits per heavy atom. The molecule has 0 aliphatic rings. The fraction of sp³-hybridized carbons (Fsp3) is 0.115. The van der Waals surface area contributed by atoms with Gasteiger partial charge in [-0.15, -0.1) is 0 Å². The average Bonchev–Trinajstić information content (AvgIpc) is 3.38. The summed E-state index contributed by atoms with van der Waals surface area (Å²) in [6.45, 7) is -0.448. The quantitative estimate of drug-likeness (QED) is 0.186. The van der Waals surface area contributed by atoms with Gasteiger partial charge in [-0.05, 0) is 42.5 Å². The molecule has 1 atom stereocenters. The van der Waals surface area contributed by atoms with E-state index in [-0.39, 0.29) is 40.8 Å². The minimum Gasteiger partial charge on any atom is -0.453 e. The number of halogens is 2. The second-order valence-electron chi connectivity index (χ2n) is 8.46. The molecule has 0 unspecified atom stereocenters. The summed E-state index contributed by atoms with van der Waals surface area (Å²) in [4.78, 5) is 29.8. The molecule has 40 heavy (non-hydrogen) atoms. The van der Waals surface area contributed by atoms with Gasteiger partial charge in [-0.3, -0.25) is 14.7 Å². The van der Waals surface area contributed by atoms with Crippen LogP contribution in [-0.4, -0.2) is 60.3 Å². The first-order valence-electron chi connectivity index (χ1n) is 11.8. The molecule has 12 nitrogen and oxygen atoms in total. The fourth-order valence-electron chi connectivity index (χ4n) is 3.74. The number of anilines is 2. The van der Waals surface area contributed by atoms with Crippen molar-refractivity contribution in [1.29, 1.82) is 0 Å². The number of carbonyl (C=O) groups is 1. The molecule has 0 saturated carbocycles. The van der Waals surface area contributed by atoms with E-state index in [4.69, 9.17) is 9.84 Å². The maximum atomic E-state index is 15.0. The molecule has 3 heterocycles. The molecule has 0 saturated heterocycles. The largest absolute Gasteiger partial charge is 0.453 e. The van der Waals surface area contributed by atoms with Crippen LogP contribution in [0.1, 0.15) is 10.4 Å². The number of pyridine rings is 1. The lowest BCUT2D eigenvalue weighted by atomic mass is 10.2. The molecule has 0 spiro atoms. The number of hydrogen-bond donors (Lipinski definition) is 5. The Hall–Kier alpha value is -5.21. The Balaban J connectivity index is 1.35. The predicted octanol–water partition coefficient (Wildman–Crippen LogP) is 2.59. The van der Waals surface area contributed by atoms with Crippen LogP contribution in [0.15, 0.2) is 71.8 Å². The number of nitrogens with one attached hydrogen (secondary N) is 3. The van der Waals surface area contributed by atoms with Gasteiger partial charge >= 0.3 is 0 Å². The Labute approximate surface area is 223 Å². The molecule has 0 radical (unpaired) electrons. The zero-order valence-corrected chi connectivity index (χ0v) is 20.5. The molecule has 204 valence electrons. The molecular weight excluding hydrogens is 528 g/mol. The van der Waals surface area contributed by atoms with Gasteiger partial charge in [-0.2, -0.15) is 14.9 Å². The highest BCUT2D eigenvalue weighted by molar-refractivity contribution is 6.04. The van der Waals surface area contributed by atoms with Crippen LogP contribution in [0, 0.1) is 11.6 Å². The minimum absolute atomic E-state index is 0.00000575. The average molecular weight is 549 g/mol. The van der Waals surface area contributed by atoms with E-state index in [1.807, 2.05) is 0 Å². The van der Waals surface area contributed by atoms with Gasteiger partial charge in [0.2, 0.25) is 0 Å². The zero-order valence-electron chi connectivity index (χ0n) is 20.5. The summed E-state index contributed by atoms with van der Waals surface area (Å²) in [5.41, 5.74) is -0.343. The predicted molar refractivity (Wildman–Crippen MR) is 140 cm³/mol. The standard InChI is InChI=1S/C26H21F2N7O5/c27-14-1-4-16(5-2-14)35-26(39)18(7-10-31-35)25(38)32-15-3-6-20(19(28)11-15)40-21-8-9-29-23-22(21)24(34-33-23)30-12-17(37)13-36/h1-11,17,36-37H,12-13H2,(H,32,38)(H2,29,30,33,34)/t17-/m0/s1. The van der Waals surface area contributed by atoms with Crippen LogP contribution >= 0.6 is 0 Å². The van der Waals surface area contributed by atoms with Gasteiger partial charge in [0.25, 0.3) is 11.5 Å². The third-order valence-electron chi connectivity index (χ3n) is 5.71. The molecule has 14 heteroatoms. The lowest BCUT2D eigenvalue weighted by Gasteiger charge is -2.12. The van der Waals surface area contributed by atoms with Gasteiger partial charge in [0, 0.05) is 36.8 Å². The highest BCUT2D eigenvalue weighted by Crippen LogP contribution is 2.34. The number of rotatable bonds is 9. The number of aliphatic hydroxyl groups is 2. The van der Waals surface area contributed by atoms with E-state index in [1.165, 1.54) is 48.8 Å². The third kappa shape index (κ3) is 5.48. The Kier molecular flexibility index (Phi) is 7.43. The van der Waals surface area contributed by atoms with Gasteiger partial charge in [0.05, 0.1) is 18.4 Å². The topological polar surface area (TPSA) is 167 Å². The molecular formula is C26H21F2N7O5. The van der Waals surface area contributed by atoms with E-state index >= 15 is 4.39 Å². The number of H-pyrrole nitrogens is 1. The van der Waals surface area contributed by atoms with E-state index in [1.54, 1.807) is 0 Å². The first kappa shape index (κ1) is 26.4. The molecule has 0 aliphatic heterocycles. The van der Waals surface area contributed by atoms with Gasteiger partial charge < -0.3 is 25.6 Å². The summed E-state index contributed by atoms with van der Waals surface area (Å²) >= 11 is 0. The van der Waals surface area contributed by atoms with Gasteiger partial charge in [-0.25, -0.2) is 13.8 Å². The van der Waals surface area contributed by atoms with Crippen molar-refractivity contribution in [1.82, 2.24) is 25.0 Å². The number of amides is 1. The summed E-state index contributed by atoms with van der Waals surface area (Å²) < 4.78 is 35.0. The molecule has 5 N–H and O–H groups in total. The normalized spacial score (nSPS) is 11.8. The monoisotopic (exact) mass is 549 g/mol. The minimum atomic E-state index is -1.02. The summed E-state index contributed by atoms with van der Waals surface area (Å²) in [5, 5.41) is 35.1. The van der Waals surface area contributed by atoms with Crippen LogP contribution < -0.4 is 20.9 Å². The zero-order chi connectivity index (χ0) is 28.2. The molecule has 1 amide bonds. The van der Waals surface area contributed by atoms with Crippen molar-refractivity contribution in [2.75, 3.05) is 23.8 Å². The van der Waals surface area contributed by atoms with Gasteiger partial charge in [-0.1, -0.05) is 0 Å². The maximum absolute atomic E-state index is 15.0. The number of aliphatic hydroxyl groups excluding tert-OH is 2. The smallest absolute Gasteiger partial charge is 0.284 e. The van der Waals surface area contributed by atoms with Crippen molar-refractivity contribution in [3.05, 3.63) is 94.5 Å². The first-order chi connectivity index (χ1) is 19.3. The van der Waals surface area contributed by atoms with E-state index < -0.39 is 35.8 Å². The van der Waals surface area contributed by atoms with E-state index in [2.05, 4.69) is 30.9 Å². The number of fused-ring (bicyclic) bond motifs is 1. The number of nitrogens with zero attached hydrogens (tertiary/aromatic N) is 4. The molecule has 5 aromatic rings. The van der Waals surface area contributed by atoms with Crippen molar-refractivity contribution in [3.8, 4) is 17.2 Å². The molecule has 3 aromatic heterocycles. The molecule has 0 bridgehead atoms. The summed E-state index contributed by atoms with van der Waals surface area (Å²) in [7, 11) is 0. The first-order valence-corrected chi connectivity index (χ1v) is 11.8. The van der Waals surface area contributed by atoms with Crippen LogP contribution in [0.25, 0.3) is 16.7 Å². The third-order valence-corrected chi connectivity index (χ3v) is 5.71. The molecule has 5 rings (SSSR count). The van der Waals surface area contributed by atoms with Gasteiger partial charge in [0.15, 0.2) is 23.0 Å². The van der Waals surface area contributed by atoms with Crippen molar-refractivity contribution in [3.63, 3.8) is 0 Å². The van der Waals surface area contributed by atoms with Crippen molar-refractivity contribution >= 4 is 28.4 Å². The van der Waals surface area contributed by atoms with Crippen LogP contribution in [0.3, 0.4) is 0 Å². The number of carbonyl (C=O) groups excluding carboxylic acids is 1. The number of benzene rings is 2. The fourth-order valence-corrected chi connectivity index (χ4v) is 3.74. The summed E-state index contributed by atoms with van der Waals surface area (Å²) in [6.07, 6.45) is 1.66. The maximum Gasteiger partial charge on any atom is 0.284 e. The summed E-state index contributed by atoms with van der Waals surface area (Å²) in [5.74, 6) is -1.79. The summed E-state index contributed by atoms with van der Waals surface area (Å²) in [6, 6.07) is 11.4. The highest BCUT2D eigenvalue weighted by Gasteiger charge is 2.18. The van der Waals surface area contributed by atoms with Crippen LogP contribution in [0.4, 0.5) is 20.3 Å². The molecule has 0 fully saturated rings. The van der Waals surface area contributed by atoms with E-state index in [9.17, 15) is 19.1 Å². The van der Waals surface area contributed by atoms with Crippen molar-refractivity contribution < 1.29 is 28.5 Å². The van der Waals surface area contributed by atoms with Gasteiger partial charge in [0.1, 0.15) is 22.5 Å². The Morgan fingerprint density at radius 1 is 1.07 bits per heavy atom. The number of aromatic nitrogens is 5. The second-order valence-corrected chi connectivity index (χ2v) is 8.46. The number of aromatic amines is 1. The SMILES string of the molecule is O=C(Nc1ccc(Oc2ccnc3[nH]nc(NC[C@H](O)CO)c23)c(F)c1)c1ccnn(-c2ccc(F)cc2)c1=O. The van der Waals surface area contributed by atoms with Crippen LogP contribution in [0.2, 0.25) is 0 Å². The lowest BCUT2D eigenvalue weighted by molar-refractivity contribution is 0.102. The van der Waals surface area contributed by atoms with Crippen LogP contribution in [-0.2, 0) is 0 Å². The lowest BCUT2D eigenvalue weighted by Crippen LogP contribution is -2.29. The Morgan fingerprint density at radius 2 is 1.88 bits per heavy atom. The number of ether oxygens (including phenoxy) is 1. The molecule has 2 aromatic carbocycles. The van der Waals surface area contributed by atoms with E-state index in [0.717, 1.165) is 22.9 Å².